The lowest BCUT2D eigenvalue weighted by atomic mass is 10.1. The Morgan fingerprint density at radius 2 is 2.16 bits per heavy atom. The first kappa shape index (κ1) is 14.9. The molecule has 0 saturated heterocycles. The second kappa shape index (κ2) is 5.66. The van der Waals surface area contributed by atoms with Gasteiger partial charge in [0, 0.05) is 12.1 Å². The van der Waals surface area contributed by atoms with Crippen molar-refractivity contribution in [1.29, 1.82) is 0 Å². The molecule has 7 heteroatoms. The van der Waals surface area contributed by atoms with E-state index in [0.29, 0.717) is 6.42 Å². The van der Waals surface area contributed by atoms with E-state index in [-0.39, 0.29) is 12.4 Å². The third-order valence-corrected chi connectivity index (χ3v) is 2.71. The molecule has 0 saturated carbocycles. The van der Waals surface area contributed by atoms with Gasteiger partial charge in [0.05, 0.1) is 10.5 Å². The van der Waals surface area contributed by atoms with Crippen molar-refractivity contribution in [3.05, 3.63) is 33.9 Å². The van der Waals surface area contributed by atoms with Gasteiger partial charge in [0.2, 0.25) is 0 Å². The molecule has 0 amide bonds. The molecule has 19 heavy (non-hydrogen) atoms. The van der Waals surface area contributed by atoms with Crippen molar-refractivity contribution in [3.8, 4) is 5.75 Å². The molecule has 1 aromatic rings. The summed E-state index contributed by atoms with van der Waals surface area (Å²) in [4.78, 5) is 20.8. The molecular weight excluding hydrogens is 254 g/mol. The summed E-state index contributed by atoms with van der Waals surface area (Å²) in [6, 6.07) is 3.45. The number of carboxylic acids is 1. The zero-order valence-electron chi connectivity index (χ0n) is 10.6. The van der Waals surface area contributed by atoms with E-state index in [1.807, 2.05) is 0 Å². The van der Waals surface area contributed by atoms with E-state index in [9.17, 15) is 20.0 Å². The zero-order valence-corrected chi connectivity index (χ0v) is 10.6. The summed E-state index contributed by atoms with van der Waals surface area (Å²) in [5, 5.41) is 29.3. The lowest BCUT2D eigenvalue weighted by Gasteiger charge is -2.21. The quantitative estimate of drug-likeness (QED) is 0.602. The van der Waals surface area contributed by atoms with Gasteiger partial charge in [0.15, 0.2) is 0 Å². The van der Waals surface area contributed by atoms with Crippen molar-refractivity contribution in [3.63, 3.8) is 0 Å². The van der Waals surface area contributed by atoms with Gasteiger partial charge in [-0.25, -0.2) is 4.79 Å². The number of nitro benzene ring substituents is 1. The minimum atomic E-state index is -1.40. The van der Waals surface area contributed by atoms with E-state index >= 15 is 0 Å². The van der Waals surface area contributed by atoms with Crippen LogP contribution in [0.2, 0.25) is 0 Å². The van der Waals surface area contributed by atoms with Crippen LogP contribution in [0.1, 0.15) is 30.6 Å². The van der Waals surface area contributed by atoms with Crippen molar-refractivity contribution < 1.29 is 24.7 Å². The van der Waals surface area contributed by atoms with Gasteiger partial charge >= 0.3 is 5.97 Å². The fraction of sp³-hybridized carbons (Fsp3) is 0.417. The normalized spacial score (nSPS) is 13.6. The maximum atomic E-state index is 10.9. The molecule has 0 bridgehead atoms. The zero-order chi connectivity index (χ0) is 14.6. The Balaban J connectivity index is 2.97. The van der Waals surface area contributed by atoms with Crippen LogP contribution in [0.5, 0.6) is 5.75 Å². The van der Waals surface area contributed by atoms with Crippen molar-refractivity contribution in [1.82, 2.24) is 0 Å². The SMILES string of the molecule is CCC(C)(O)COc1ccc([N+](=O)[O-])c(C(=O)O)c1. The van der Waals surface area contributed by atoms with Gasteiger partial charge in [-0.05, 0) is 19.4 Å². The van der Waals surface area contributed by atoms with Crippen LogP contribution in [0.15, 0.2) is 18.2 Å². The van der Waals surface area contributed by atoms with Crippen molar-refractivity contribution in [2.75, 3.05) is 6.61 Å². The molecule has 1 aromatic carbocycles. The second-order valence-corrected chi connectivity index (χ2v) is 4.38. The van der Waals surface area contributed by atoms with Gasteiger partial charge in [-0.15, -0.1) is 0 Å². The number of nitrogens with zero attached hydrogens (tertiary/aromatic N) is 1. The lowest BCUT2D eigenvalue weighted by molar-refractivity contribution is -0.385. The predicted octanol–water partition coefficient (Wildman–Crippen LogP) is 1.83. The Hall–Kier alpha value is -2.15. The number of benzene rings is 1. The van der Waals surface area contributed by atoms with Gasteiger partial charge in [0.25, 0.3) is 5.69 Å². The molecule has 104 valence electrons. The molecule has 0 radical (unpaired) electrons. The summed E-state index contributed by atoms with van der Waals surface area (Å²) in [6.07, 6.45) is 0.464. The van der Waals surface area contributed by atoms with Crippen LogP contribution >= 0.6 is 0 Å². The Bertz CT molecular complexity index is 497. The van der Waals surface area contributed by atoms with Gasteiger partial charge < -0.3 is 14.9 Å². The molecule has 0 aliphatic rings. The molecule has 0 aliphatic heterocycles. The van der Waals surface area contributed by atoms with Gasteiger partial charge in [-0.3, -0.25) is 10.1 Å². The van der Waals surface area contributed by atoms with Crippen molar-refractivity contribution in [2.45, 2.75) is 25.9 Å². The molecule has 7 nitrogen and oxygen atoms in total. The fourth-order valence-electron chi connectivity index (χ4n) is 1.28. The number of rotatable bonds is 6. The third kappa shape index (κ3) is 3.92. The van der Waals surface area contributed by atoms with E-state index in [0.717, 1.165) is 12.1 Å². The maximum Gasteiger partial charge on any atom is 0.342 e. The molecular formula is C12H15NO6. The highest BCUT2D eigenvalue weighted by Crippen LogP contribution is 2.25. The highest BCUT2D eigenvalue weighted by molar-refractivity contribution is 5.92. The molecule has 2 N–H and O–H groups in total. The maximum absolute atomic E-state index is 10.9. The number of aliphatic hydroxyl groups is 1. The highest BCUT2D eigenvalue weighted by atomic mass is 16.6. The molecule has 0 heterocycles. The summed E-state index contributed by atoms with van der Waals surface area (Å²) < 4.78 is 5.25. The number of hydrogen-bond acceptors (Lipinski definition) is 5. The number of hydrogen-bond donors (Lipinski definition) is 2. The molecule has 1 unspecified atom stereocenters. The minimum Gasteiger partial charge on any atom is -0.491 e. The molecule has 0 aliphatic carbocycles. The highest BCUT2D eigenvalue weighted by Gasteiger charge is 2.22. The number of carbonyl (C=O) groups is 1. The first-order chi connectivity index (χ1) is 8.76. The van der Waals surface area contributed by atoms with Crippen molar-refractivity contribution >= 4 is 11.7 Å². The first-order valence-corrected chi connectivity index (χ1v) is 5.64. The third-order valence-electron chi connectivity index (χ3n) is 2.71. The van der Waals surface area contributed by atoms with Crippen LogP contribution in [-0.2, 0) is 0 Å². The monoisotopic (exact) mass is 269 g/mol. The van der Waals surface area contributed by atoms with Crippen LogP contribution in [0, 0.1) is 10.1 Å². The summed E-state index contributed by atoms with van der Waals surface area (Å²) in [7, 11) is 0. The molecule has 0 aromatic heterocycles. The molecule has 0 spiro atoms. The Morgan fingerprint density at radius 3 is 2.63 bits per heavy atom. The summed E-state index contributed by atoms with van der Waals surface area (Å²) in [5.41, 5.74) is -1.98. The standard InChI is InChI=1S/C12H15NO6/c1-3-12(2,16)7-19-8-4-5-10(13(17)18)9(6-8)11(14)15/h4-6,16H,3,7H2,1-2H3,(H,14,15). The van der Waals surface area contributed by atoms with Crippen LogP contribution in [0.25, 0.3) is 0 Å². The van der Waals surface area contributed by atoms with Gasteiger partial charge in [-0.1, -0.05) is 6.92 Å². The first-order valence-electron chi connectivity index (χ1n) is 5.64. The predicted molar refractivity (Wildman–Crippen MR) is 66.5 cm³/mol. The largest absolute Gasteiger partial charge is 0.491 e. The Labute approximate surface area is 109 Å². The summed E-state index contributed by atoms with van der Waals surface area (Å²) in [5.74, 6) is -1.24. The average molecular weight is 269 g/mol. The Kier molecular flexibility index (Phi) is 4.44. The summed E-state index contributed by atoms with van der Waals surface area (Å²) >= 11 is 0. The minimum absolute atomic E-state index is 0.0274. The van der Waals surface area contributed by atoms with E-state index in [1.165, 1.54) is 6.07 Å². The van der Waals surface area contributed by atoms with Crippen LogP contribution in [0.4, 0.5) is 5.69 Å². The van der Waals surface area contributed by atoms with Crippen LogP contribution < -0.4 is 4.74 Å². The average Bonchev–Trinajstić information content (AvgIpc) is 2.36. The topological polar surface area (TPSA) is 110 Å². The fourth-order valence-corrected chi connectivity index (χ4v) is 1.28. The smallest absolute Gasteiger partial charge is 0.342 e. The number of ether oxygens (including phenoxy) is 1. The van der Waals surface area contributed by atoms with Gasteiger partial charge in [-0.2, -0.15) is 0 Å². The number of carboxylic acid groups (broad SMARTS) is 1. The number of aromatic carboxylic acids is 1. The summed E-state index contributed by atoms with van der Waals surface area (Å²) in [6.45, 7) is 3.33. The van der Waals surface area contributed by atoms with Crippen LogP contribution in [0.3, 0.4) is 0 Å². The van der Waals surface area contributed by atoms with Gasteiger partial charge in [0.1, 0.15) is 17.9 Å². The lowest BCUT2D eigenvalue weighted by Crippen LogP contribution is -2.31. The van der Waals surface area contributed by atoms with Crippen molar-refractivity contribution in [2.24, 2.45) is 0 Å². The molecule has 1 rings (SSSR count). The van der Waals surface area contributed by atoms with E-state index in [2.05, 4.69) is 0 Å². The Morgan fingerprint density at radius 1 is 1.53 bits per heavy atom. The van der Waals surface area contributed by atoms with Crippen LogP contribution in [-0.4, -0.2) is 33.3 Å². The second-order valence-electron chi connectivity index (χ2n) is 4.38. The van der Waals surface area contributed by atoms with E-state index in [1.54, 1.807) is 13.8 Å². The number of nitro groups is 1. The van der Waals surface area contributed by atoms with E-state index < -0.39 is 27.7 Å². The van der Waals surface area contributed by atoms with E-state index in [4.69, 9.17) is 9.84 Å². The molecule has 0 fully saturated rings. The molecule has 1 atom stereocenters.